The highest BCUT2D eigenvalue weighted by atomic mass is 32.2. The van der Waals surface area contributed by atoms with Crippen LogP contribution in [-0.2, 0) is 11.2 Å². The minimum Gasteiger partial charge on any atom is -0.339 e. The van der Waals surface area contributed by atoms with Crippen molar-refractivity contribution >= 4 is 11.8 Å². The average Bonchev–Trinajstić information content (AvgIpc) is 3.04. The molecular weight excluding hydrogens is 282 g/mol. The van der Waals surface area contributed by atoms with Gasteiger partial charge in [-0.05, 0) is 25.0 Å². The summed E-state index contributed by atoms with van der Waals surface area (Å²) in [4.78, 5) is 5.83. The first-order valence-corrected chi connectivity index (χ1v) is 8.52. The van der Waals surface area contributed by atoms with Crippen molar-refractivity contribution in [2.45, 2.75) is 48.2 Å². The smallest absolute Gasteiger partial charge is 0.234 e. The van der Waals surface area contributed by atoms with Crippen LogP contribution in [0.4, 0.5) is 0 Å². The predicted molar refractivity (Wildman–Crippen MR) is 84.1 cm³/mol. The quantitative estimate of drug-likeness (QED) is 0.856. The minimum atomic E-state index is -0.0824. The van der Waals surface area contributed by atoms with Gasteiger partial charge in [0.25, 0.3) is 0 Å². The highest BCUT2D eigenvalue weighted by Crippen LogP contribution is 2.38. The Balaban J connectivity index is 1.68. The summed E-state index contributed by atoms with van der Waals surface area (Å²) in [6.45, 7) is 0.598. The fourth-order valence-corrected chi connectivity index (χ4v) is 3.69. The van der Waals surface area contributed by atoms with E-state index >= 15 is 0 Å². The lowest BCUT2D eigenvalue weighted by molar-refractivity contribution is 0.219. The van der Waals surface area contributed by atoms with Gasteiger partial charge in [-0.1, -0.05) is 42.6 Å². The molecule has 1 aliphatic carbocycles. The van der Waals surface area contributed by atoms with Crippen molar-refractivity contribution in [3.63, 3.8) is 0 Å². The van der Waals surface area contributed by atoms with E-state index in [1.807, 2.05) is 18.2 Å². The van der Waals surface area contributed by atoms with Crippen LogP contribution in [0.2, 0.25) is 0 Å². The molecule has 21 heavy (non-hydrogen) atoms. The third kappa shape index (κ3) is 3.30. The fraction of sp³-hybridized carbons (Fsp3) is 0.500. The Kier molecular flexibility index (Phi) is 4.60. The number of hydrogen-bond acceptors (Lipinski definition) is 5. The molecule has 1 fully saturated rings. The first-order valence-electron chi connectivity index (χ1n) is 7.53. The van der Waals surface area contributed by atoms with Crippen LogP contribution in [0.5, 0.6) is 0 Å². The van der Waals surface area contributed by atoms with E-state index < -0.39 is 0 Å². The van der Waals surface area contributed by atoms with Gasteiger partial charge < -0.3 is 10.3 Å². The van der Waals surface area contributed by atoms with E-state index in [1.54, 1.807) is 11.8 Å². The van der Waals surface area contributed by atoms with Gasteiger partial charge in [-0.15, -0.1) is 11.8 Å². The van der Waals surface area contributed by atoms with Gasteiger partial charge in [-0.25, -0.2) is 0 Å². The Hall–Kier alpha value is -1.33. The standard InChI is InChI=1S/C16H21N3OS/c17-12-16(9-5-2-6-10-16)15-18-14(19-20-15)11-21-13-7-3-1-4-8-13/h1,3-4,7-8H,2,5-6,9-12,17H2. The van der Waals surface area contributed by atoms with Gasteiger partial charge in [-0.2, -0.15) is 4.98 Å². The van der Waals surface area contributed by atoms with Crippen molar-refractivity contribution in [2.75, 3.05) is 6.54 Å². The first-order chi connectivity index (χ1) is 10.3. The van der Waals surface area contributed by atoms with Crippen molar-refractivity contribution in [3.05, 3.63) is 42.0 Å². The lowest BCUT2D eigenvalue weighted by Gasteiger charge is -2.32. The first kappa shape index (κ1) is 14.6. The fourth-order valence-electron chi connectivity index (χ4n) is 2.93. The summed E-state index contributed by atoms with van der Waals surface area (Å²) in [5, 5.41) is 4.14. The predicted octanol–water partition coefficient (Wildman–Crippen LogP) is 3.52. The SMILES string of the molecule is NCC1(c2nc(CSc3ccccc3)no2)CCCCC1. The molecule has 1 saturated carbocycles. The van der Waals surface area contributed by atoms with Crippen LogP contribution in [0.25, 0.3) is 0 Å². The third-order valence-corrected chi connectivity index (χ3v) is 5.24. The number of hydrogen-bond donors (Lipinski definition) is 1. The van der Waals surface area contributed by atoms with E-state index in [2.05, 4.69) is 22.3 Å². The van der Waals surface area contributed by atoms with Crippen molar-refractivity contribution < 1.29 is 4.52 Å². The molecule has 0 saturated heterocycles. The summed E-state index contributed by atoms with van der Waals surface area (Å²) >= 11 is 1.72. The monoisotopic (exact) mass is 303 g/mol. The molecule has 1 aromatic heterocycles. The van der Waals surface area contributed by atoms with Crippen molar-refractivity contribution in [1.82, 2.24) is 10.1 Å². The van der Waals surface area contributed by atoms with E-state index in [-0.39, 0.29) is 5.41 Å². The van der Waals surface area contributed by atoms with Gasteiger partial charge in [0, 0.05) is 11.4 Å². The summed E-state index contributed by atoms with van der Waals surface area (Å²) < 4.78 is 5.53. The molecule has 112 valence electrons. The summed E-state index contributed by atoms with van der Waals surface area (Å²) in [5.74, 6) is 2.24. The number of rotatable bonds is 5. The van der Waals surface area contributed by atoms with E-state index in [1.165, 1.54) is 24.2 Å². The van der Waals surface area contributed by atoms with Crippen molar-refractivity contribution in [3.8, 4) is 0 Å². The van der Waals surface area contributed by atoms with E-state index in [4.69, 9.17) is 10.3 Å². The van der Waals surface area contributed by atoms with Crippen LogP contribution >= 0.6 is 11.8 Å². The zero-order chi connectivity index (χ0) is 14.5. The molecule has 0 aliphatic heterocycles. The van der Waals surface area contributed by atoms with Gasteiger partial charge in [0.15, 0.2) is 5.82 Å². The molecule has 5 heteroatoms. The van der Waals surface area contributed by atoms with Crippen LogP contribution < -0.4 is 5.73 Å². The molecule has 4 nitrogen and oxygen atoms in total. The van der Waals surface area contributed by atoms with E-state index in [0.717, 1.165) is 30.3 Å². The molecule has 1 aliphatic rings. The van der Waals surface area contributed by atoms with Gasteiger partial charge in [0.05, 0.1) is 11.2 Å². The third-order valence-electron chi connectivity index (χ3n) is 4.23. The summed E-state index contributed by atoms with van der Waals surface area (Å²) in [6, 6.07) is 10.3. The molecule has 1 heterocycles. The molecule has 0 radical (unpaired) electrons. The molecule has 0 unspecified atom stereocenters. The summed E-state index contributed by atoms with van der Waals surface area (Å²) in [7, 11) is 0. The molecule has 1 aromatic carbocycles. The maximum atomic E-state index is 6.01. The maximum Gasteiger partial charge on any atom is 0.234 e. The Morgan fingerprint density at radius 1 is 1.14 bits per heavy atom. The molecule has 0 spiro atoms. The van der Waals surface area contributed by atoms with Crippen molar-refractivity contribution in [1.29, 1.82) is 0 Å². The van der Waals surface area contributed by atoms with Crippen molar-refractivity contribution in [2.24, 2.45) is 5.73 Å². The minimum absolute atomic E-state index is 0.0824. The zero-order valence-corrected chi connectivity index (χ0v) is 12.9. The second-order valence-electron chi connectivity index (χ2n) is 5.66. The number of nitrogens with zero attached hydrogens (tertiary/aromatic N) is 2. The van der Waals surface area contributed by atoms with Crippen LogP contribution in [0, 0.1) is 0 Å². The molecule has 0 amide bonds. The second-order valence-corrected chi connectivity index (χ2v) is 6.71. The Morgan fingerprint density at radius 3 is 2.62 bits per heavy atom. The molecular formula is C16H21N3OS. The molecule has 2 N–H and O–H groups in total. The topological polar surface area (TPSA) is 64.9 Å². The Labute approximate surface area is 129 Å². The summed E-state index contributed by atoms with van der Waals surface area (Å²) in [6.07, 6.45) is 5.82. The zero-order valence-electron chi connectivity index (χ0n) is 12.1. The average molecular weight is 303 g/mol. The Morgan fingerprint density at radius 2 is 1.90 bits per heavy atom. The van der Waals surface area contributed by atoms with Gasteiger partial charge >= 0.3 is 0 Å². The van der Waals surface area contributed by atoms with Gasteiger partial charge in [0.2, 0.25) is 5.89 Å². The normalized spacial score (nSPS) is 17.8. The molecule has 0 atom stereocenters. The van der Waals surface area contributed by atoms with Gasteiger partial charge in [0.1, 0.15) is 0 Å². The van der Waals surface area contributed by atoms with Crippen LogP contribution in [0.15, 0.2) is 39.8 Å². The highest BCUT2D eigenvalue weighted by Gasteiger charge is 2.37. The molecule has 3 rings (SSSR count). The van der Waals surface area contributed by atoms with E-state index in [9.17, 15) is 0 Å². The highest BCUT2D eigenvalue weighted by molar-refractivity contribution is 7.98. The second kappa shape index (κ2) is 6.62. The number of nitrogens with two attached hydrogens (primary N) is 1. The number of benzene rings is 1. The van der Waals surface area contributed by atoms with Gasteiger partial charge in [-0.3, -0.25) is 0 Å². The molecule has 2 aromatic rings. The number of aromatic nitrogens is 2. The molecule has 0 bridgehead atoms. The lowest BCUT2D eigenvalue weighted by atomic mass is 9.74. The van der Waals surface area contributed by atoms with Crippen LogP contribution in [-0.4, -0.2) is 16.7 Å². The Bertz CT molecular complexity index is 564. The van der Waals surface area contributed by atoms with Crippen LogP contribution in [0.1, 0.15) is 43.8 Å². The maximum absolute atomic E-state index is 6.01. The largest absolute Gasteiger partial charge is 0.339 e. The summed E-state index contributed by atoms with van der Waals surface area (Å²) in [5.41, 5.74) is 5.93. The lowest BCUT2D eigenvalue weighted by Crippen LogP contribution is -2.37. The van der Waals surface area contributed by atoms with Crippen LogP contribution in [0.3, 0.4) is 0 Å². The van der Waals surface area contributed by atoms with E-state index in [0.29, 0.717) is 6.54 Å². The number of thioether (sulfide) groups is 1.